The van der Waals surface area contributed by atoms with Gasteiger partial charge in [-0.25, -0.2) is 0 Å². The zero-order valence-corrected chi connectivity index (χ0v) is 10.0. The topological polar surface area (TPSA) is 56.5 Å². The summed E-state index contributed by atoms with van der Waals surface area (Å²) < 4.78 is 10.9. The third kappa shape index (κ3) is 1.50. The molecular weight excluding hydrogens is 228 g/mol. The highest BCUT2D eigenvalue weighted by molar-refractivity contribution is 5.89. The van der Waals surface area contributed by atoms with E-state index in [2.05, 4.69) is 5.32 Å². The first-order chi connectivity index (χ1) is 8.74. The highest BCUT2D eigenvalue weighted by atomic mass is 16.5. The molecule has 3 rings (SSSR count). The highest BCUT2D eigenvalue weighted by Gasteiger charge is 2.34. The molecule has 92 valence electrons. The predicted molar refractivity (Wildman–Crippen MR) is 69.7 cm³/mol. The summed E-state index contributed by atoms with van der Waals surface area (Å²) in [6.07, 6.45) is 3.21. The average Bonchev–Trinajstić information content (AvgIpc) is 2.85. The van der Waals surface area contributed by atoms with Gasteiger partial charge in [-0.05, 0) is 11.5 Å². The molecule has 0 spiro atoms. The van der Waals surface area contributed by atoms with E-state index in [1.807, 2.05) is 36.4 Å². The number of hydrogen-bond acceptors (Lipinski definition) is 4. The van der Waals surface area contributed by atoms with Crippen LogP contribution in [0.15, 0.2) is 48.9 Å². The van der Waals surface area contributed by atoms with E-state index < -0.39 is 5.85 Å². The molecule has 0 aromatic heterocycles. The van der Waals surface area contributed by atoms with Gasteiger partial charge in [0, 0.05) is 11.6 Å². The van der Waals surface area contributed by atoms with Crippen molar-refractivity contribution in [1.82, 2.24) is 5.32 Å². The van der Waals surface area contributed by atoms with Gasteiger partial charge in [0.1, 0.15) is 12.0 Å². The Kier molecular flexibility index (Phi) is 2.38. The lowest BCUT2D eigenvalue weighted by Gasteiger charge is -2.26. The van der Waals surface area contributed by atoms with Crippen LogP contribution in [0.1, 0.15) is 5.56 Å². The molecule has 1 unspecified atom stereocenters. The molecule has 2 aromatic rings. The lowest BCUT2D eigenvalue weighted by molar-refractivity contribution is 0.0250. The fourth-order valence-corrected chi connectivity index (χ4v) is 2.23. The number of hydrogen-bond donors (Lipinski definition) is 2. The number of benzene rings is 2. The van der Waals surface area contributed by atoms with Crippen LogP contribution >= 0.6 is 0 Å². The smallest absolute Gasteiger partial charge is 0.265 e. The Labute approximate surface area is 105 Å². The van der Waals surface area contributed by atoms with Crippen molar-refractivity contribution in [1.29, 1.82) is 0 Å². The van der Waals surface area contributed by atoms with E-state index in [1.165, 1.54) is 6.26 Å². The predicted octanol–water partition coefficient (Wildman–Crippen LogP) is 2.01. The van der Waals surface area contributed by atoms with Crippen LogP contribution in [-0.2, 0) is 10.6 Å². The molecule has 0 bridgehead atoms. The molecule has 1 aliphatic rings. The monoisotopic (exact) mass is 242 g/mol. The number of rotatable bonds is 2. The highest BCUT2D eigenvalue weighted by Crippen LogP contribution is 2.35. The summed E-state index contributed by atoms with van der Waals surface area (Å²) in [5.41, 5.74) is 6.94. The van der Waals surface area contributed by atoms with Crippen LogP contribution in [0.25, 0.3) is 10.8 Å². The Morgan fingerprint density at radius 3 is 2.78 bits per heavy atom. The van der Waals surface area contributed by atoms with Crippen LogP contribution in [0.5, 0.6) is 5.75 Å². The standard InChI is InChI=1S/C14H14N2O2/c1-17-13-11-5-3-2-4-10(11)6-7-12(13)14(15)16-8-9-18-14/h2-9,16H,15H2,1H3. The van der Waals surface area contributed by atoms with Crippen molar-refractivity contribution in [2.45, 2.75) is 5.85 Å². The first-order valence-corrected chi connectivity index (χ1v) is 5.70. The van der Waals surface area contributed by atoms with E-state index in [4.69, 9.17) is 15.2 Å². The minimum Gasteiger partial charge on any atom is -0.496 e. The van der Waals surface area contributed by atoms with Crippen molar-refractivity contribution in [3.63, 3.8) is 0 Å². The Balaban J connectivity index is 2.24. The maximum Gasteiger partial charge on any atom is 0.265 e. The lowest BCUT2D eigenvalue weighted by Crippen LogP contribution is -2.46. The van der Waals surface area contributed by atoms with Crippen LogP contribution in [0, 0.1) is 0 Å². The first kappa shape index (κ1) is 10.9. The van der Waals surface area contributed by atoms with Gasteiger partial charge in [-0.3, -0.25) is 5.73 Å². The second-order valence-electron chi connectivity index (χ2n) is 4.17. The SMILES string of the molecule is COc1c(C2(N)NC=CO2)ccc2ccccc12. The van der Waals surface area contributed by atoms with Gasteiger partial charge in [0.25, 0.3) is 5.85 Å². The molecule has 0 amide bonds. The summed E-state index contributed by atoms with van der Waals surface area (Å²) in [5.74, 6) is -0.332. The zero-order valence-electron chi connectivity index (χ0n) is 10.0. The van der Waals surface area contributed by atoms with E-state index in [-0.39, 0.29) is 0 Å². The molecule has 4 nitrogen and oxygen atoms in total. The summed E-state index contributed by atoms with van der Waals surface area (Å²) in [7, 11) is 1.64. The van der Waals surface area contributed by atoms with Crippen LogP contribution in [-0.4, -0.2) is 7.11 Å². The molecule has 2 aromatic carbocycles. The Morgan fingerprint density at radius 2 is 2.06 bits per heavy atom. The maximum atomic E-state index is 6.17. The van der Waals surface area contributed by atoms with Gasteiger partial charge < -0.3 is 14.8 Å². The quantitative estimate of drug-likeness (QED) is 0.845. The number of methoxy groups -OCH3 is 1. The zero-order chi connectivity index (χ0) is 12.6. The van der Waals surface area contributed by atoms with Crippen molar-refractivity contribution < 1.29 is 9.47 Å². The molecule has 3 N–H and O–H groups in total. The van der Waals surface area contributed by atoms with Crippen LogP contribution in [0.2, 0.25) is 0 Å². The fourth-order valence-electron chi connectivity index (χ4n) is 2.23. The molecule has 0 saturated carbocycles. The van der Waals surface area contributed by atoms with Gasteiger partial charge in [0.05, 0.1) is 12.7 Å². The van der Waals surface area contributed by atoms with Gasteiger partial charge in [-0.15, -0.1) is 0 Å². The van der Waals surface area contributed by atoms with Gasteiger partial charge >= 0.3 is 0 Å². The van der Waals surface area contributed by atoms with Crippen molar-refractivity contribution in [2.75, 3.05) is 7.11 Å². The second-order valence-corrected chi connectivity index (χ2v) is 4.17. The summed E-state index contributed by atoms with van der Waals surface area (Å²) >= 11 is 0. The molecule has 1 heterocycles. The van der Waals surface area contributed by atoms with Gasteiger partial charge in [0.2, 0.25) is 0 Å². The van der Waals surface area contributed by atoms with Crippen molar-refractivity contribution >= 4 is 10.8 Å². The number of nitrogens with one attached hydrogen (secondary N) is 1. The number of fused-ring (bicyclic) bond motifs is 1. The minimum atomic E-state index is -1.06. The summed E-state index contributed by atoms with van der Waals surface area (Å²) in [5, 5.41) is 5.10. The third-order valence-corrected chi connectivity index (χ3v) is 3.10. The second kappa shape index (κ2) is 3.92. The fraction of sp³-hybridized carbons (Fsp3) is 0.143. The summed E-state index contributed by atoms with van der Waals surface area (Å²) in [4.78, 5) is 0. The molecule has 4 heteroatoms. The molecule has 18 heavy (non-hydrogen) atoms. The summed E-state index contributed by atoms with van der Waals surface area (Å²) in [6, 6.07) is 11.9. The minimum absolute atomic E-state index is 0.729. The van der Waals surface area contributed by atoms with Gasteiger partial charge in [0.15, 0.2) is 0 Å². The molecule has 0 aliphatic carbocycles. The molecule has 0 radical (unpaired) electrons. The normalized spacial score (nSPS) is 21.7. The van der Waals surface area contributed by atoms with E-state index in [0.717, 1.165) is 22.1 Å². The molecule has 1 aliphatic heterocycles. The molecular formula is C14H14N2O2. The van der Waals surface area contributed by atoms with Crippen molar-refractivity contribution in [2.24, 2.45) is 5.73 Å². The number of ether oxygens (including phenoxy) is 2. The van der Waals surface area contributed by atoms with Crippen LogP contribution in [0.3, 0.4) is 0 Å². The van der Waals surface area contributed by atoms with E-state index in [9.17, 15) is 0 Å². The van der Waals surface area contributed by atoms with E-state index in [1.54, 1.807) is 13.3 Å². The van der Waals surface area contributed by atoms with Gasteiger partial charge in [-0.2, -0.15) is 0 Å². The summed E-state index contributed by atoms with van der Waals surface area (Å²) in [6.45, 7) is 0. The first-order valence-electron chi connectivity index (χ1n) is 5.70. The van der Waals surface area contributed by atoms with Crippen molar-refractivity contribution in [3.05, 3.63) is 54.4 Å². The van der Waals surface area contributed by atoms with Crippen LogP contribution in [0.4, 0.5) is 0 Å². The Bertz CT molecular complexity index is 614. The third-order valence-electron chi connectivity index (χ3n) is 3.10. The molecule has 0 fully saturated rings. The molecule has 0 saturated heterocycles. The Hall–Kier alpha value is -2.20. The van der Waals surface area contributed by atoms with Gasteiger partial charge in [-0.1, -0.05) is 30.3 Å². The Morgan fingerprint density at radius 1 is 1.22 bits per heavy atom. The maximum absolute atomic E-state index is 6.17. The van der Waals surface area contributed by atoms with Crippen molar-refractivity contribution in [3.8, 4) is 5.75 Å². The van der Waals surface area contributed by atoms with Crippen LogP contribution < -0.4 is 15.8 Å². The number of nitrogens with two attached hydrogens (primary N) is 1. The lowest BCUT2D eigenvalue weighted by atomic mass is 10.0. The van der Waals surface area contributed by atoms with E-state index in [0.29, 0.717) is 0 Å². The van der Waals surface area contributed by atoms with E-state index >= 15 is 0 Å². The largest absolute Gasteiger partial charge is 0.496 e. The molecule has 1 atom stereocenters. The average molecular weight is 242 g/mol.